The molecule has 0 aromatic rings. The molecule has 0 heterocycles. The van der Waals surface area contributed by atoms with Gasteiger partial charge in [0.2, 0.25) is 0 Å². The van der Waals surface area contributed by atoms with E-state index < -0.39 is 24.0 Å². The van der Waals surface area contributed by atoms with Gasteiger partial charge in [0.1, 0.15) is 6.04 Å². The first kappa shape index (κ1) is 18.7. The summed E-state index contributed by atoms with van der Waals surface area (Å²) in [6.45, 7) is 3.74. The molecule has 0 radical (unpaired) electrons. The molecule has 0 aliphatic rings. The Morgan fingerprint density at radius 2 is 2.00 bits per heavy atom. The highest BCUT2D eigenvalue weighted by Gasteiger charge is 2.25. The van der Waals surface area contributed by atoms with Crippen LogP contribution < -0.4 is 5.32 Å². The van der Waals surface area contributed by atoms with Crippen molar-refractivity contribution in [2.75, 3.05) is 13.7 Å². The minimum absolute atomic E-state index is 0.0576. The third-order valence-corrected chi connectivity index (χ3v) is 2.81. The van der Waals surface area contributed by atoms with E-state index in [2.05, 4.69) is 10.1 Å². The summed E-state index contributed by atoms with van der Waals surface area (Å²) in [4.78, 5) is 35.6. The van der Waals surface area contributed by atoms with Crippen molar-refractivity contribution in [3.05, 3.63) is 0 Å². The molecule has 0 aliphatic heterocycles. The summed E-state index contributed by atoms with van der Waals surface area (Å²) in [5.74, 6) is -1.77. The average molecular weight is 299 g/mol. The quantitative estimate of drug-likeness (QED) is 0.637. The lowest BCUT2D eigenvalue weighted by molar-refractivity contribution is -0.142. The van der Waals surface area contributed by atoms with Gasteiger partial charge >= 0.3 is 18.0 Å². The highest BCUT2D eigenvalue weighted by Crippen LogP contribution is 2.04. The Morgan fingerprint density at radius 1 is 1.38 bits per heavy atom. The lowest BCUT2D eigenvalue weighted by Crippen LogP contribution is -2.50. The van der Waals surface area contributed by atoms with Crippen LogP contribution in [0.2, 0.25) is 0 Å². The van der Waals surface area contributed by atoms with Crippen molar-refractivity contribution < 1.29 is 24.2 Å². The van der Waals surface area contributed by atoms with Crippen molar-refractivity contribution >= 4 is 18.0 Å². The molecular weight excluding hydrogens is 278 g/mol. The monoisotopic (exact) mass is 299 g/mol. The number of nitriles is 1. The van der Waals surface area contributed by atoms with Crippen LogP contribution in [0.1, 0.15) is 33.1 Å². The number of nitrogens with zero attached hydrogens (tertiary/aromatic N) is 2. The first-order valence-electron chi connectivity index (χ1n) is 6.57. The van der Waals surface area contributed by atoms with Crippen molar-refractivity contribution in [2.45, 2.75) is 45.2 Å². The molecule has 0 fully saturated rings. The molecule has 0 unspecified atom stereocenters. The van der Waals surface area contributed by atoms with Crippen molar-refractivity contribution in [3.8, 4) is 6.07 Å². The summed E-state index contributed by atoms with van der Waals surface area (Å²) < 4.78 is 4.43. The number of amides is 2. The fraction of sp³-hybridized carbons (Fsp3) is 0.692. The Hall–Kier alpha value is -2.30. The fourth-order valence-electron chi connectivity index (χ4n) is 1.62. The summed E-state index contributed by atoms with van der Waals surface area (Å²) in [5, 5.41) is 20.0. The van der Waals surface area contributed by atoms with Gasteiger partial charge in [0, 0.05) is 19.0 Å². The van der Waals surface area contributed by atoms with Gasteiger partial charge in [-0.15, -0.1) is 0 Å². The predicted octanol–water partition coefficient (Wildman–Crippen LogP) is 0.726. The molecule has 1 atom stereocenters. The standard InChI is InChI=1S/C13H21N3O5/c1-9(2)16(8-4-7-14)13(20)15-10(12(18)19)5-6-11(17)21-3/h9-10H,4-6,8H2,1-3H3,(H,15,20)(H,18,19)/t10-/m0/s1. The number of aliphatic carboxylic acids is 1. The number of nitrogens with one attached hydrogen (secondary N) is 1. The number of urea groups is 1. The fourth-order valence-corrected chi connectivity index (χ4v) is 1.62. The van der Waals surface area contributed by atoms with Crippen LogP contribution in [-0.4, -0.2) is 53.7 Å². The molecule has 118 valence electrons. The van der Waals surface area contributed by atoms with Crippen LogP contribution in [0.25, 0.3) is 0 Å². The Labute approximate surface area is 123 Å². The number of carbonyl (C=O) groups excluding carboxylic acids is 2. The van der Waals surface area contributed by atoms with Crippen LogP contribution in [0.3, 0.4) is 0 Å². The third-order valence-electron chi connectivity index (χ3n) is 2.81. The normalized spacial score (nSPS) is 11.4. The lowest BCUT2D eigenvalue weighted by Gasteiger charge is -2.27. The second kappa shape index (κ2) is 9.58. The van der Waals surface area contributed by atoms with Crippen molar-refractivity contribution in [1.29, 1.82) is 5.26 Å². The average Bonchev–Trinajstić information content (AvgIpc) is 2.42. The molecule has 0 aromatic carbocycles. The minimum atomic E-state index is -1.23. The zero-order valence-corrected chi connectivity index (χ0v) is 12.5. The predicted molar refractivity (Wildman–Crippen MR) is 73.3 cm³/mol. The number of hydrogen-bond donors (Lipinski definition) is 2. The van der Waals surface area contributed by atoms with Gasteiger partial charge in [0.05, 0.1) is 19.6 Å². The SMILES string of the molecule is COC(=O)CC[C@H](NC(=O)N(CCC#N)C(C)C)C(=O)O. The summed E-state index contributed by atoms with van der Waals surface area (Å²) in [5.41, 5.74) is 0. The topological polar surface area (TPSA) is 120 Å². The van der Waals surface area contributed by atoms with Crippen LogP contribution in [0.5, 0.6) is 0 Å². The summed E-state index contributed by atoms with van der Waals surface area (Å²) in [6.07, 6.45) is -0.00293. The van der Waals surface area contributed by atoms with Gasteiger partial charge in [0.15, 0.2) is 0 Å². The summed E-state index contributed by atoms with van der Waals surface area (Å²) in [6, 6.07) is 0.00739. The van der Waals surface area contributed by atoms with E-state index in [1.807, 2.05) is 6.07 Å². The zero-order chi connectivity index (χ0) is 16.4. The van der Waals surface area contributed by atoms with E-state index >= 15 is 0 Å². The smallest absolute Gasteiger partial charge is 0.326 e. The van der Waals surface area contributed by atoms with Gasteiger partial charge in [-0.3, -0.25) is 4.79 Å². The van der Waals surface area contributed by atoms with E-state index in [1.165, 1.54) is 12.0 Å². The van der Waals surface area contributed by atoms with Gasteiger partial charge in [-0.2, -0.15) is 5.26 Å². The zero-order valence-electron chi connectivity index (χ0n) is 12.5. The van der Waals surface area contributed by atoms with Crippen molar-refractivity contribution in [3.63, 3.8) is 0 Å². The molecule has 2 amide bonds. The maximum atomic E-state index is 12.0. The molecule has 8 heteroatoms. The lowest BCUT2D eigenvalue weighted by atomic mass is 10.1. The van der Waals surface area contributed by atoms with Crippen LogP contribution in [0, 0.1) is 11.3 Å². The maximum absolute atomic E-state index is 12.0. The van der Waals surface area contributed by atoms with Crippen molar-refractivity contribution in [2.24, 2.45) is 0 Å². The molecule has 0 aromatic heterocycles. The minimum Gasteiger partial charge on any atom is -0.480 e. The maximum Gasteiger partial charge on any atom is 0.326 e. The summed E-state index contributed by atoms with van der Waals surface area (Å²) >= 11 is 0. The molecule has 0 spiro atoms. The number of carboxylic acid groups (broad SMARTS) is 1. The van der Waals surface area contributed by atoms with E-state index in [-0.39, 0.29) is 31.8 Å². The van der Waals surface area contributed by atoms with Gasteiger partial charge in [-0.05, 0) is 20.3 Å². The third kappa shape index (κ3) is 7.15. The number of esters is 1. The Kier molecular flexibility index (Phi) is 8.53. The largest absolute Gasteiger partial charge is 0.480 e. The van der Waals surface area contributed by atoms with E-state index in [1.54, 1.807) is 13.8 Å². The molecule has 0 saturated carbocycles. The van der Waals surface area contributed by atoms with Gasteiger partial charge in [0.25, 0.3) is 0 Å². The first-order valence-corrected chi connectivity index (χ1v) is 6.57. The highest BCUT2D eigenvalue weighted by molar-refractivity contribution is 5.83. The van der Waals surface area contributed by atoms with Gasteiger partial charge in [-0.1, -0.05) is 0 Å². The molecule has 8 nitrogen and oxygen atoms in total. The van der Waals surface area contributed by atoms with Crippen LogP contribution >= 0.6 is 0 Å². The van der Waals surface area contributed by atoms with E-state index in [4.69, 9.17) is 10.4 Å². The van der Waals surface area contributed by atoms with Gasteiger partial charge < -0.3 is 20.1 Å². The molecule has 2 N–H and O–H groups in total. The number of carboxylic acids is 1. The van der Waals surface area contributed by atoms with Crippen LogP contribution in [-0.2, 0) is 14.3 Å². The Morgan fingerprint density at radius 3 is 2.43 bits per heavy atom. The molecular formula is C13H21N3O5. The van der Waals surface area contributed by atoms with E-state index in [9.17, 15) is 14.4 Å². The number of methoxy groups -OCH3 is 1. The van der Waals surface area contributed by atoms with Crippen molar-refractivity contribution in [1.82, 2.24) is 10.2 Å². The van der Waals surface area contributed by atoms with Crippen LogP contribution in [0.4, 0.5) is 4.79 Å². The first-order chi connectivity index (χ1) is 9.83. The van der Waals surface area contributed by atoms with Crippen LogP contribution in [0.15, 0.2) is 0 Å². The molecule has 21 heavy (non-hydrogen) atoms. The highest BCUT2D eigenvalue weighted by atomic mass is 16.5. The van der Waals surface area contributed by atoms with E-state index in [0.717, 1.165) is 0 Å². The number of hydrogen-bond acceptors (Lipinski definition) is 5. The Bertz CT molecular complexity index is 417. The molecule has 0 aliphatic carbocycles. The van der Waals surface area contributed by atoms with E-state index in [0.29, 0.717) is 0 Å². The summed E-state index contributed by atoms with van der Waals surface area (Å²) in [7, 11) is 1.21. The molecule has 0 rings (SSSR count). The molecule has 0 saturated heterocycles. The number of ether oxygens (including phenoxy) is 1. The number of rotatable bonds is 8. The Balaban J connectivity index is 4.67. The second-order valence-electron chi connectivity index (χ2n) is 4.65. The molecule has 0 bridgehead atoms. The van der Waals surface area contributed by atoms with Gasteiger partial charge in [-0.25, -0.2) is 9.59 Å². The number of carbonyl (C=O) groups is 3. The second-order valence-corrected chi connectivity index (χ2v) is 4.65.